The second-order valence-electron chi connectivity index (χ2n) is 5.51. The van der Waals surface area contributed by atoms with Gasteiger partial charge in [-0.15, -0.1) is 0 Å². The number of nitrogens with one attached hydrogen (secondary N) is 1. The molecule has 0 bridgehead atoms. The van der Waals surface area contributed by atoms with Crippen molar-refractivity contribution in [2.24, 2.45) is 5.92 Å². The van der Waals surface area contributed by atoms with Crippen molar-refractivity contribution < 1.29 is 9.21 Å². The van der Waals surface area contributed by atoms with Crippen LogP contribution in [0.4, 0.5) is 0 Å². The number of likely N-dealkylation sites (tertiary alicyclic amines) is 1. The van der Waals surface area contributed by atoms with E-state index in [1.54, 1.807) is 6.26 Å². The zero-order valence-corrected chi connectivity index (χ0v) is 13.7. The Morgan fingerprint density at radius 3 is 3.24 bits per heavy atom. The molecule has 0 radical (unpaired) electrons. The summed E-state index contributed by atoms with van der Waals surface area (Å²) in [5.41, 5.74) is 0. The van der Waals surface area contributed by atoms with Gasteiger partial charge in [-0.1, -0.05) is 6.92 Å². The minimum absolute atomic E-state index is 0.189. The van der Waals surface area contributed by atoms with Gasteiger partial charge in [-0.25, -0.2) is 0 Å². The topological polar surface area (TPSA) is 45.5 Å². The van der Waals surface area contributed by atoms with Crippen molar-refractivity contribution in [2.45, 2.75) is 31.9 Å². The van der Waals surface area contributed by atoms with Crippen molar-refractivity contribution in [1.82, 2.24) is 10.2 Å². The molecule has 118 valence electrons. The van der Waals surface area contributed by atoms with Gasteiger partial charge in [0.1, 0.15) is 5.76 Å². The van der Waals surface area contributed by atoms with Crippen LogP contribution < -0.4 is 5.32 Å². The van der Waals surface area contributed by atoms with Crippen LogP contribution in [0.5, 0.6) is 0 Å². The highest BCUT2D eigenvalue weighted by Gasteiger charge is 2.24. The zero-order valence-electron chi connectivity index (χ0n) is 12.8. The van der Waals surface area contributed by atoms with E-state index in [1.165, 1.54) is 0 Å². The van der Waals surface area contributed by atoms with E-state index in [0.717, 1.165) is 62.7 Å². The summed E-state index contributed by atoms with van der Waals surface area (Å²) >= 11 is 1.85. The Hall–Kier alpha value is -0.940. The SMILES string of the molecule is CCN1CCCC(C(=O)NCCCSCc2ccco2)C1. The number of hydrogen-bond acceptors (Lipinski definition) is 4. The second-order valence-corrected chi connectivity index (χ2v) is 6.61. The number of furan rings is 1. The summed E-state index contributed by atoms with van der Waals surface area (Å²) in [6.45, 7) is 6.07. The van der Waals surface area contributed by atoms with Crippen molar-refractivity contribution in [2.75, 3.05) is 31.9 Å². The molecule has 2 rings (SSSR count). The number of rotatable bonds is 8. The third-order valence-electron chi connectivity index (χ3n) is 3.91. The third kappa shape index (κ3) is 5.75. The van der Waals surface area contributed by atoms with Gasteiger partial charge in [-0.2, -0.15) is 11.8 Å². The maximum Gasteiger partial charge on any atom is 0.224 e. The molecule has 1 unspecified atom stereocenters. The summed E-state index contributed by atoms with van der Waals surface area (Å²) in [5, 5.41) is 3.09. The van der Waals surface area contributed by atoms with Gasteiger partial charge in [0.15, 0.2) is 0 Å². The Labute approximate surface area is 131 Å². The number of nitrogens with zero attached hydrogens (tertiary/aromatic N) is 1. The van der Waals surface area contributed by atoms with Gasteiger partial charge in [0.05, 0.1) is 17.9 Å². The van der Waals surface area contributed by atoms with Gasteiger partial charge >= 0.3 is 0 Å². The average molecular weight is 310 g/mol. The summed E-state index contributed by atoms with van der Waals surface area (Å²) in [6, 6.07) is 3.91. The predicted octanol–water partition coefficient (Wildman–Crippen LogP) is 2.75. The van der Waals surface area contributed by atoms with E-state index in [2.05, 4.69) is 17.1 Å². The Morgan fingerprint density at radius 2 is 2.48 bits per heavy atom. The van der Waals surface area contributed by atoms with Crippen LogP contribution in [0.2, 0.25) is 0 Å². The Morgan fingerprint density at radius 1 is 1.57 bits per heavy atom. The predicted molar refractivity (Wildman–Crippen MR) is 87.3 cm³/mol. The monoisotopic (exact) mass is 310 g/mol. The molecule has 1 N–H and O–H groups in total. The Balaban J connectivity index is 1.52. The molecule has 4 nitrogen and oxygen atoms in total. The highest BCUT2D eigenvalue weighted by Crippen LogP contribution is 2.16. The van der Waals surface area contributed by atoms with Crippen LogP contribution >= 0.6 is 11.8 Å². The van der Waals surface area contributed by atoms with E-state index >= 15 is 0 Å². The molecule has 5 heteroatoms. The largest absolute Gasteiger partial charge is 0.468 e. The van der Waals surface area contributed by atoms with E-state index in [-0.39, 0.29) is 11.8 Å². The van der Waals surface area contributed by atoms with E-state index in [0.29, 0.717) is 0 Å². The molecule has 1 aliphatic heterocycles. The lowest BCUT2D eigenvalue weighted by Crippen LogP contribution is -2.43. The second kappa shape index (κ2) is 9.15. The summed E-state index contributed by atoms with van der Waals surface area (Å²) in [5.74, 6) is 3.41. The summed E-state index contributed by atoms with van der Waals surface area (Å²) in [7, 11) is 0. The number of hydrogen-bond donors (Lipinski definition) is 1. The van der Waals surface area contributed by atoms with Crippen LogP contribution in [-0.4, -0.2) is 42.7 Å². The van der Waals surface area contributed by atoms with Crippen LogP contribution in [0.3, 0.4) is 0 Å². The maximum atomic E-state index is 12.1. The minimum Gasteiger partial charge on any atom is -0.468 e. The number of carbonyl (C=O) groups excluding carboxylic acids is 1. The van der Waals surface area contributed by atoms with E-state index in [9.17, 15) is 4.79 Å². The van der Waals surface area contributed by atoms with Crippen molar-refractivity contribution in [3.05, 3.63) is 24.2 Å². The molecule has 0 aromatic carbocycles. The molecule has 1 atom stereocenters. The molecule has 1 aromatic heterocycles. The smallest absolute Gasteiger partial charge is 0.224 e. The third-order valence-corrected chi connectivity index (χ3v) is 4.98. The first-order valence-electron chi connectivity index (χ1n) is 7.89. The maximum absolute atomic E-state index is 12.1. The molecular formula is C16H26N2O2S. The molecule has 0 spiro atoms. The number of thioether (sulfide) groups is 1. The highest BCUT2D eigenvalue weighted by molar-refractivity contribution is 7.98. The Bertz CT molecular complexity index is 408. The molecule has 0 saturated carbocycles. The first kappa shape index (κ1) is 16.4. The first-order valence-corrected chi connectivity index (χ1v) is 9.05. The lowest BCUT2D eigenvalue weighted by molar-refractivity contribution is -0.126. The number of piperidine rings is 1. The Kier molecular flexibility index (Phi) is 7.16. The van der Waals surface area contributed by atoms with Crippen molar-refractivity contribution in [3.8, 4) is 0 Å². The van der Waals surface area contributed by atoms with Gasteiger partial charge in [0.2, 0.25) is 5.91 Å². The van der Waals surface area contributed by atoms with Crippen molar-refractivity contribution in [3.63, 3.8) is 0 Å². The fourth-order valence-corrected chi connectivity index (χ4v) is 3.51. The first-order chi connectivity index (χ1) is 10.3. The van der Waals surface area contributed by atoms with Crippen LogP contribution in [0.15, 0.2) is 22.8 Å². The minimum atomic E-state index is 0.189. The molecule has 1 aliphatic rings. The molecule has 1 fully saturated rings. The van der Waals surface area contributed by atoms with E-state index in [4.69, 9.17) is 4.42 Å². The number of amides is 1. The summed E-state index contributed by atoms with van der Waals surface area (Å²) < 4.78 is 5.28. The molecule has 21 heavy (non-hydrogen) atoms. The molecule has 1 saturated heterocycles. The molecule has 0 aliphatic carbocycles. The molecular weight excluding hydrogens is 284 g/mol. The lowest BCUT2D eigenvalue weighted by Gasteiger charge is -2.30. The fraction of sp³-hybridized carbons (Fsp3) is 0.688. The quantitative estimate of drug-likeness (QED) is 0.750. The average Bonchev–Trinajstić information content (AvgIpc) is 3.04. The van der Waals surface area contributed by atoms with Crippen LogP contribution in [0.1, 0.15) is 31.9 Å². The molecule has 1 amide bonds. The highest BCUT2D eigenvalue weighted by atomic mass is 32.2. The van der Waals surface area contributed by atoms with Gasteiger partial charge in [-0.3, -0.25) is 4.79 Å². The fourth-order valence-electron chi connectivity index (χ4n) is 2.65. The van der Waals surface area contributed by atoms with Gasteiger partial charge in [0.25, 0.3) is 0 Å². The zero-order chi connectivity index (χ0) is 14.9. The lowest BCUT2D eigenvalue weighted by atomic mass is 9.97. The normalized spacial score (nSPS) is 19.6. The van der Waals surface area contributed by atoms with Crippen LogP contribution in [-0.2, 0) is 10.5 Å². The van der Waals surface area contributed by atoms with E-state index in [1.807, 2.05) is 23.9 Å². The number of carbonyl (C=O) groups is 1. The molecule has 1 aromatic rings. The van der Waals surface area contributed by atoms with Crippen LogP contribution in [0.25, 0.3) is 0 Å². The molecule has 2 heterocycles. The van der Waals surface area contributed by atoms with Crippen molar-refractivity contribution >= 4 is 17.7 Å². The van der Waals surface area contributed by atoms with Gasteiger partial charge in [-0.05, 0) is 50.2 Å². The van der Waals surface area contributed by atoms with Gasteiger partial charge < -0.3 is 14.6 Å². The summed E-state index contributed by atoms with van der Waals surface area (Å²) in [4.78, 5) is 14.5. The van der Waals surface area contributed by atoms with E-state index < -0.39 is 0 Å². The van der Waals surface area contributed by atoms with Crippen molar-refractivity contribution in [1.29, 1.82) is 0 Å². The summed E-state index contributed by atoms with van der Waals surface area (Å²) in [6.07, 6.45) is 4.90. The van der Waals surface area contributed by atoms with Gasteiger partial charge in [0, 0.05) is 13.1 Å². The standard InChI is InChI=1S/C16H26N2O2S/c1-2-18-9-3-6-14(12-18)16(19)17-8-5-11-21-13-15-7-4-10-20-15/h4,7,10,14H,2-3,5-6,8-9,11-13H2,1H3,(H,17,19). The van der Waals surface area contributed by atoms with Crippen LogP contribution in [0, 0.1) is 5.92 Å².